The maximum absolute atomic E-state index is 14.0. The minimum absolute atomic E-state index is 0.276. The number of para-hydroxylation sites is 2. The van der Waals surface area contributed by atoms with Gasteiger partial charge < -0.3 is 14.8 Å². The van der Waals surface area contributed by atoms with Crippen molar-refractivity contribution in [1.29, 1.82) is 0 Å². The second kappa shape index (κ2) is 7.64. The number of nitrogens with one attached hydrogen (secondary N) is 1. The summed E-state index contributed by atoms with van der Waals surface area (Å²) in [6.07, 6.45) is 0. The molecule has 21 heavy (non-hydrogen) atoms. The Morgan fingerprint density at radius 1 is 0.952 bits per heavy atom. The third kappa shape index (κ3) is 3.95. The molecule has 0 aliphatic carbocycles. The zero-order valence-electron chi connectivity index (χ0n) is 12.4. The second-order valence-electron chi connectivity index (χ2n) is 4.48. The van der Waals surface area contributed by atoms with Gasteiger partial charge in [0.25, 0.3) is 0 Å². The summed E-state index contributed by atoms with van der Waals surface area (Å²) in [6, 6.07) is 12.2. The van der Waals surface area contributed by atoms with Gasteiger partial charge in [0.1, 0.15) is 11.6 Å². The van der Waals surface area contributed by atoms with E-state index in [9.17, 15) is 4.39 Å². The van der Waals surface area contributed by atoms with E-state index < -0.39 is 0 Å². The Labute approximate surface area is 124 Å². The van der Waals surface area contributed by atoms with Gasteiger partial charge in [-0.2, -0.15) is 0 Å². The summed E-state index contributed by atoms with van der Waals surface area (Å²) in [5.41, 5.74) is 0.519. The van der Waals surface area contributed by atoms with E-state index in [0.717, 1.165) is 6.54 Å². The topological polar surface area (TPSA) is 30.5 Å². The van der Waals surface area contributed by atoms with Gasteiger partial charge in [0.05, 0.1) is 6.61 Å². The fourth-order valence-corrected chi connectivity index (χ4v) is 1.98. The lowest BCUT2D eigenvalue weighted by molar-refractivity contribution is 0.320. The van der Waals surface area contributed by atoms with Crippen LogP contribution in [-0.2, 0) is 6.54 Å². The molecule has 0 amide bonds. The normalized spacial score (nSPS) is 10.4. The van der Waals surface area contributed by atoms with Crippen molar-refractivity contribution < 1.29 is 13.9 Å². The number of halogens is 1. The summed E-state index contributed by atoms with van der Waals surface area (Å²) < 4.78 is 25.4. The monoisotopic (exact) mass is 289 g/mol. The van der Waals surface area contributed by atoms with Crippen LogP contribution in [0, 0.1) is 5.82 Å². The maximum atomic E-state index is 14.0. The van der Waals surface area contributed by atoms with Crippen LogP contribution >= 0.6 is 0 Å². The molecule has 2 aromatic carbocycles. The molecule has 0 aliphatic rings. The van der Waals surface area contributed by atoms with E-state index in [2.05, 4.69) is 5.32 Å². The average Bonchev–Trinajstić information content (AvgIpc) is 2.49. The van der Waals surface area contributed by atoms with E-state index in [1.54, 1.807) is 12.1 Å². The molecule has 3 nitrogen and oxygen atoms in total. The molecule has 2 aromatic rings. The summed E-state index contributed by atoms with van der Waals surface area (Å²) in [7, 11) is 0. The molecule has 0 heterocycles. The van der Waals surface area contributed by atoms with Crippen molar-refractivity contribution in [1.82, 2.24) is 5.32 Å². The molecule has 2 rings (SSSR count). The van der Waals surface area contributed by atoms with Crippen molar-refractivity contribution >= 4 is 0 Å². The molecule has 4 heteroatoms. The number of ether oxygens (including phenoxy) is 2. The number of hydrogen-bond donors (Lipinski definition) is 1. The van der Waals surface area contributed by atoms with Gasteiger partial charge in [0.15, 0.2) is 11.5 Å². The summed E-state index contributed by atoms with van der Waals surface area (Å²) in [4.78, 5) is 0. The van der Waals surface area contributed by atoms with Crippen molar-refractivity contribution in [2.24, 2.45) is 0 Å². The van der Waals surface area contributed by atoms with E-state index in [4.69, 9.17) is 9.47 Å². The van der Waals surface area contributed by atoms with Gasteiger partial charge in [-0.05, 0) is 37.7 Å². The van der Waals surface area contributed by atoms with Crippen LogP contribution in [0.1, 0.15) is 19.4 Å². The molecule has 0 aromatic heterocycles. The molecule has 0 bridgehead atoms. The Morgan fingerprint density at radius 3 is 2.38 bits per heavy atom. The quantitative estimate of drug-likeness (QED) is 0.831. The highest BCUT2D eigenvalue weighted by Crippen LogP contribution is 2.33. The highest BCUT2D eigenvalue weighted by molar-refractivity contribution is 5.45. The van der Waals surface area contributed by atoms with Gasteiger partial charge in [-0.3, -0.25) is 0 Å². The minimum atomic E-state index is -0.276. The highest BCUT2D eigenvalue weighted by Gasteiger charge is 2.12. The molecular formula is C17H20FNO2. The fourth-order valence-electron chi connectivity index (χ4n) is 1.98. The molecular weight excluding hydrogens is 269 g/mol. The predicted octanol–water partition coefficient (Wildman–Crippen LogP) is 4.13. The molecule has 1 N–H and O–H groups in total. The molecule has 0 radical (unpaired) electrons. The minimum Gasteiger partial charge on any atom is -0.490 e. The Balaban J connectivity index is 2.29. The maximum Gasteiger partial charge on any atom is 0.169 e. The van der Waals surface area contributed by atoms with Gasteiger partial charge in [-0.15, -0.1) is 0 Å². The fraction of sp³-hybridized carbons (Fsp3) is 0.294. The van der Waals surface area contributed by atoms with Crippen molar-refractivity contribution in [3.8, 4) is 17.2 Å². The van der Waals surface area contributed by atoms with Crippen LogP contribution in [0.5, 0.6) is 17.2 Å². The van der Waals surface area contributed by atoms with Crippen LogP contribution in [0.3, 0.4) is 0 Å². The Kier molecular flexibility index (Phi) is 5.58. The van der Waals surface area contributed by atoms with E-state index >= 15 is 0 Å². The summed E-state index contributed by atoms with van der Waals surface area (Å²) >= 11 is 0. The van der Waals surface area contributed by atoms with Gasteiger partial charge in [0.2, 0.25) is 0 Å². The lowest BCUT2D eigenvalue weighted by atomic mass is 10.2. The smallest absolute Gasteiger partial charge is 0.169 e. The van der Waals surface area contributed by atoms with Crippen LogP contribution in [0.15, 0.2) is 42.5 Å². The van der Waals surface area contributed by atoms with Crippen molar-refractivity contribution in [2.75, 3.05) is 13.2 Å². The average molecular weight is 289 g/mol. The first-order chi connectivity index (χ1) is 10.3. The van der Waals surface area contributed by atoms with E-state index in [-0.39, 0.29) is 5.82 Å². The Hall–Kier alpha value is -2.07. The predicted molar refractivity (Wildman–Crippen MR) is 81.5 cm³/mol. The van der Waals surface area contributed by atoms with Gasteiger partial charge >= 0.3 is 0 Å². The lowest BCUT2D eigenvalue weighted by Gasteiger charge is -2.15. The summed E-state index contributed by atoms with van der Waals surface area (Å²) in [5, 5.41) is 3.12. The molecule has 0 spiro atoms. The molecule has 0 aliphatic heterocycles. The number of hydrogen-bond acceptors (Lipinski definition) is 3. The molecule has 112 valence electrons. The highest BCUT2D eigenvalue weighted by atomic mass is 19.1. The summed E-state index contributed by atoms with van der Waals surface area (Å²) in [5.74, 6) is 1.46. The van der Waals surface area contributed by atoms with Crippen LogP contribution in [0.2, 0.25) is 0 Å². The van der Waals surface area contributed by atoms with Crippen molar-refractivity contribution in [3.63, 3.8) is 0 Å². The van der Waals surface area contributed by atoms with Gasteiger partial charge in [-0.1, -0.05) is 25.1 Å². The standard InChI is InChI=1S/C17H20FNO2/c1-3-19-12-13-14(18)8-7-11-15(13)21-17-10-6-5-9-16(17)20-4-2/h5-11,19H,3-4,12H2,1-2H3. The molecule has 0 saturated heterocycles. The SMILES string of the molecule is CCNCc1c(F)cccc1Oc1ccccc1OCC. The molecule has 0 fully saturated rings. The number of rotatable bonds is 7. The third-order valence-corrected chi connectivity index (χ3v) is 3.00. The second-order valence-corrected chi connectivity index (χ2v) is 4.48. The van der Waals surface area contributed by atoms with Crippen LogP contribution in [0.25, 0.3) is 0 Å². The molecule has 0 atom stereocenters. The van der Waals surface area contributed by atoms with Crippen LogP contribution in [0.4, 0.5) is 4.39 Å². The summed E-state index contributed by atoms with van der Waals surface area (Å²) in [6.45, 7) is 5.63. The molecule has 0 unspecified atom stereocenters. The first kappa shape index (κ1) is 15.3. The van der Waals surface area contributed by atoms with Crippen molar-refractivity contribution in [2.45, 2.75) is 20.4 Å². The van der Waals surface area contributed by atoms with Crippen LogP contribution < -0.4 is 14.8 Å². The van der Waals surface area contributed by atoms with E-state index in [1.165, 1.54) is 6.07 Å². The van der Waals surface area contributed by atoms with Crippen molar-refractivity contribution in [3.05, 3.63) is 53.8 Å². The Bertz CT molecular complexity index is 587. The first-order valence-electron chi connectivity index (χ1n) is 7.14. The number of benzene rings is 2. The molecule has 0 saturated carbocycles. The largest absolute Gasteiger partial charge is 0.490 e. The van der Waals surface area contributed by atoms with Crippen LogP contribution in [-0.4, -0.2) is 13.2 Å². The third-order valence-electron chi connectivity index (χ3n) is 3.00. The zero-order valence-corrected chi connectivity index (χ0v) is 12.4. The van der Waals surface area contributed by atoms with E-state index in [0.29, 0.717) is 36.0 Å². The Morgan fingerprint density at radius 2 is 1.67 bits per heavy atom. The lowest BCUT2D eigenvalue weighted by Crippen LogP contribution is -2.13. The van der Waals surface area contributed by atoms with Gasteiger partial charge in [-0.25, -0.2) is 4.39 Å². The zero-order chi connectivity index (χ0) is 15.1. The van der Waals surface area contributed by atoms with Gasteiger partial charge in [0, 0.05) is 12.1 Å². The van der Waals surface area contributed by atoms with E-state index in [1.807, 2.05) is 38.1 Å². The first-order valence-corrected chi connectivity index (χ1v) is 7.14.